The summed E-state index contributed by atoms with van der Waals surface area (Å²) in [5.74, 6) is 0. The summed E-state index contributed by atoms with van der Waals surface area (Å²) in [6.45, 7) is -4.73. The van der Waals surface area contributed by atoms with Gasteiger partial charge in [0.1, 0.15) is 4.34 Å². The van der Waals surface area contributed by atoms with E-state index in [1.807, 2.05) is 18.2 Å². The van der Waals surface area contributed by atoms with Crippen molar-refractivity contribution in [3.8, 4) is 0 Å². The number of hydrogen-bond donors (Lipinski definition) is 0. The maximum atomic E-state index is 12.0. The Balaban J connectivity index is 2.16. The first-order valence-electron chi connectivity index (χ1n) is 4.24. The van der Waals surface area contributed by atoms with Gasteiger partial charge in [0.15, 0.2) is 0 Å². The summed E-state index contributed by atoms with van der Waals surface area (Å²) in [6, 6.07) is 7.33. The van der Waals surface area contributed by atoms with E-state index in [2.05, 4.69) is 4.98 Å². The first-order chi connectivity index (χ1) is 7.04. The largest absolute Gasteiger partial charge is 0.488 e. The molecular weight excluding hydrogens is 242 g/mol. The van der Waals surface area contributed by atoms with Gasteiger partial charge in [-0.3, -0.25) is 0 Å². The molecule has 0 saturated carbocycles. The van der Waals surface area contributed by atoms with Gasteiger partial charge in [-0.15, -0.1) is 23.1 Å². The van der Waals surface area contributed by atoms with E-state index in [9.17, 15) is 12.9 Å². The Morgan fingerprint density at radius 2 is 2.00 bits per heavy atom. The number of nitrogens with zero attached hydrogens (tertiary/aromatic N) is 1. The zero-order valence-electron chi connectivity index (χ0n) is 7.49. The van der Waals surface area contributed by atoms with Crippen molar-refractivity contribution >= 4 is 40.3 Å². The van der Waals surface area contributed by atoms with E-state index < -0.39 is 12.6 Å². The molecule has 1 nitrogen and oxygen atoms in total. The molecule has 7 heteroatoms. The molecular formula is C8H6BF3NS2-. The van der Waals surface area contributed by atoms with E-state index in [4.69, 9.17) is 0 Å². The van der Waals surface area contributed by atoms with Crippen LogP contribution in [0.2, 0.25) is 0 Å². The molecule has 0 radical (unpaired) electrons. The van der Waals surface area contributed by atoms with Crippen molar-refractivity contribution in [3.05, 3.63) is 24.3 Å². The molecule has 1 aromatic heterocycles. The van der Waals surface area contributed by atoms with Crippen LogP contribution in [0.25, 0.3) is 10.2 Å². The first kappa shape index (κ1) is 10.8. The molecule has 0 aliphatic rings. The monoisotopic (exact) mass is 248 g/mol. The van der Waals surface area contributed by atoms with Crippen molar-refractivity contribution in [1.29, 1.82) is 0 Å². The van der Waals surface area contributed by atoms with Crippen LogP contribution in [0.3, 0.4) is 0 Å². The van der Waals surface area contributed by atoms with Gasteiger partial charge in [0.2, 0.25) is 0 Å². The smallest absolute Gasteiger partial charge is 0.448 e. The van der Waals surface area contributed by atoms with Crippen molar-refractivity contribution in [1.82, 2.24) is 4.98 Å². The number of thiazole rings is 1. The third-order valence-corrected chi connectivity index (χ3v) is 3.99. The highest BCUT2D eigenvalue weighted by molar-refractivity contribution is 8.02. The van der Waals surface area contributed by atoms with Crippen LogP contribution >= 0.6 is 23.1 Å². The van der Waals surface area contributed by atoms with Gasteiger partial charge < -0.3 is 12.9 Å². The summed E-state index contributed by atoms with van der Waals surface area (Å²) in [5.41, 5.74) is -0.0560. The molecule has 0 fully saturated rings. The maximum absolute atomic E-state index is 12.0. The lowest BCUT2D eigenvalue weighted by atomic mass is 9.98. The lowest BCUT2D eigenvalue weighted by Crippen LogP contribution is -2.18. The molecule has 0 atom stereocenters. The normalized spacial score (nSPS) is 12.2. The number of thioether (sulfide) groups is 1. The highest BCUT2D eigenvalue weighted by Gasteiger charge is 2.23. The van der Waals surface area contributed by atoms with E-state index >= 15 is 0 Å². The third-order valence-electron chi connectivity index (χ3n) is 1.67. The standard InChI is InChI=1S/C8H6BF3NS2/c10-9(11,12)5-14-8-13-6-3-1-2-4-7(6)15-8/h1-4H,5H2/q-1. The van der Waals surface area contributed by atoms with Crippen molar-refractivity contribution in [2.45, 2.75) is 4.34 Å². The highest BCUT2D eigenvalue weighted by atomic mass is 32.2. The zero-order valence-corrected chi connectivity index (χ0v) is 9.12. The van der Waals surface area contributed by atoms with Crippen LogP contribution in [0.4, 0.5) is 12.9 Å². The number of benzene rings is 1. The maximum Gasteiger partial charge on any atom is 0.488 e. The van der Waals surface area contributed by atoms with Crippen LogP contribution in [0.1, 0.15) is 0 Å². The summed E-state index contributed by atoms with van der Waals surface area (Å²) in [7, 11) is 0. The number of fused-ring (bicyclic) bond motifs is 1. The second-order valence-corrected chi connectivity index (χ2v) is 5.27. The number of rotatable bonds is 3. The molecule has 1 heterocycles. The van der Waals surface area contributed by atoms with Gasteiger partial charge in [-0.25, -0.2) is 4.98 Å². The minimum atomic E-state index is -4.73. The molecule has 15 heavy (non-hydrogen) atoms. The van der Waals surface area contributed by atoms with E-state index in [-0.39, 0.29) is 0 Å². The van der Waals surface area contributed by atoms with Crippen LogP contribution in [0.15, 0.2) is 28.6 Å². The van der Waals surface area contributed by atoms with Gasteiger partial charge in [-0.1, -0.05) is 12.1 Å². The molecule has 0 bridgehead atoms. The summed E-state index contributed by atoms with van der Waals surface area (Å²) in [4.78, 5) is 4.11. The summed E-state index contributed by atoms with van der Waals surface area (Å²) in [6.07, 6.45) is 0. The first-order valence-corrected chi connectivity index (χ1v) is 6.04. The highest BCUT2D eigenvalue weighted by Crippen LogP contribution is 2.31. The van der Waals surface area contributed by atoms with Crippen molar-refractivity contribution in [2.24, 2.45) is 0 Å². The zero-order chi connectivity index (χ0) is 10.9. The van der Waals surface area contributed by atoms with Gasteiger partial charge in [0, 0.05) is 0 Å². The predicted molar refractivity (Wildman–Crippen MR) is 59.4 cm³/mol. The number of aromatic nitrogens is 1. The average molecular weight is 248 g/mol. The molecule has 0 unspecified atom stereocenters. The molecule has 0 aliphatic carbocycles. The molecule has 0 N–H and O–H groups in total. The molecule has 80 valence electrons. The lowest BCUT2D eigenvalue weighted by molar-refractivity contribution is 0.485. The Morgan fingerprint density at radius 1 is 1.27 bits per heavy atom. The molecule has 0 amide bonds. The van der Waals surface area contributed by atoms with E-state index in [0.717, 1.165) is 22.0 Å². The molecule has 1 aromatic carbocycles. The Hall–Kier alpha value is -0.685. The Kier molecular flexibility index (Phi) is 2.93. The predicted octanol–water partition coefficient (Wildman–Crippen LogP) is 3.78. The molecule has 0 spiro atoms. The second-order valence-electron chi connectivity index (χ2n) is 2.97. The van der Waals surface area contributed by atoms with Gasteiger partial charge >= 0.3 is 6.98 Å². The molecule has 2 aromatic rings. The number of halogens is 3. The van der Waals surface area contributed by atoms with Crippen molar-refractivity contribution < 1.29 is 12.9 Å². The van der Waals surface area contributed by atoms with Gasteiger partial charge in [0.05, 0.1) is 10.2 Å². The molecule has 0 saturated heterocycles. The van der Waals surface area contributed by atoms with Gasteiger partial charge in [0.25, 0.3) is 0 Å². The molecule has 0 aliphatic heterocycles. The number of hydrogen-bond acceptors (Lipinski definition) is 3. The van der Waals surface area contributed by atoms with Crippen molar-refractivity contribution in [2.75, 3.05) is 5.65 Å². The number of para-hydroxylation sites is 1. The minimum Gasteiger partial charge on any atom is -0.448 e. The van der Waals surface area contributed by atoms with E-state index in [0.29, 0.717) is 4.34 Å². The van der Waals surface area contributed by atoms with Crippen LogP contribution in [0.5, 0.6) is 0 Å². The van der Waals surface area contributed by atoms with Crippen molar-refractivity contribution in [3.63, 3.8) is 0 Å². The fraction of sp³-hybridized carbons (Fsp3) is 0.125. The van der Waals surface area contributed by atoms with Crippen LogP contribution in [-0.2, 0) is 0 Å². The lowest BCUT2D eigenvalue weighted by Gasteiger charge is -2.10. The minimum absolute atomic E-state index is 0.482. The van der Waals surface area contributed by atoms with Crippen LogP contribution in [-0.4, -0.2) is 17.6 Å². The van der Waals surface area contributed by atoms with Crippen LogP contribution < -0.4 is 0 Å². The Labute approximate surface area is 92.8 Å². The Bertz CT molecular complexity index is 435. The van der Waals surface area contributed by atoms with Crippen LogP contribution in [0, 0.1) is 0 Å². The summed E-state index contributed by atoms with van der Waals surface area (Å²) >= 11 is 2.06. The summed E-state index contributed by atoms with van der Waals surface area (Å²) < 4.78 is 37.5. The van der Waals surface area contributed by atoms with E-state index in [1.54, 1.807) is 6.07 Å². The fourth-order valence-corrected chi connectivity index (χ4v) is 2.98. The SMILES string of the molecule is F[B-](F)(F)CSc1nc2ccccc2s1. The van der Waals surface area contributed by atoms with Gasteiger partial charge in [-0.2, -0.15) is 0 Å². The second kappa shape index (κ2) is 4.06. The average Bonchev–Trinajstić information content (AvgIpc) is 2.56. The van der Waals surface area contributed by atoms with E-state index in [1.165, 1.54) is 11.3 Å². The van der Waals surface area contributed by atoms with Gasteiger partial charge in [-0.05, 0) is 17.8 Å². The third kappa shape index (κ3) is 2.88. The fourth-order valence-electron chi connectivity index (χ4n) is 1.08. The quantitative estimate of drug-likeness (QED) is 0.605. The molecule has 2 rings (SSSR count). The Morgan fingerprint density at radius 3 is 2.67 bits per heavy atom. The topological polar surface area (TPSA) is 12.9 Å². The summed E-state index contributed by atoms with van der Waals surface area (Å²) in [5, 5.41) is 0.